The van der Waals surface area contributed by atoms with Gasteiger partial charge in [-0.2, -0.15) is 0 Å². The SMILES string of the molecule is O=C(NC1CCCCC2COCC(C(=O)O)N2C1=O)c1nccc2ccccc12. The summed E-state index contributed by atoms with van der Waals surface area (Å²) in [6, 6.07) is 7.14. The number of carboxylic acids is 1. The van der Waals surface area contributed by atoms with Crippen LogP contribution in [-0.2, 0) is 14.3 Å². The van der Waals surface area contributed by atoms with Crippen molar-refractivity contribution in [3.05, 3.63) is 42.2 Å². The first-order valence-corrected chi connectivity index (χ1v) is 9.83. The first-order valence-electron chi connectivity index (χ1n) is 9.83. The zero-order chi connectivity index (χ0) is 20.4. The van der Waals surface area contributed by atoms with Crippen molar-refractivity contribution in [2.24, 2.45) is 0 Å². The Balaban J connectivity index is 1.60. The summed E-state index contributed by atoms with van der Waals surface area (Å²) in [4.78, 5) is 43.5. The van der Waals surface area contributed by atoms with Crippen molar-refractivity contribution >= 4 is 28.6 Å². The second kappa shape index (κ2) is 8.16. The van der Waals surface area contributed by atoms with Crippen LogP contribution in [-0.4, -0.2) is 64.1 Å². The van der Waals surface area contributed by atoms with Gasteiger partial charge in [-0.25, -0.2) is 4.79 Å². The van der Waals surface area contributed by atoms with E-state index in [0.29, 0.717) is 24.8 Å². The van der Waals surface area contributed by atoms with Crippen LogP contribution in [0.5, 0.6) is 0 Å². The molecule has 3 unspecified atom stereocenters. The van der Waals surface area contributed by atoms with Gasteiger partial charge >= 0.3 is 5.97 Å². The molecule has 1 aromatic heterocycles. The lowest BCUT2D eigenvalue weighted by Gasteiger charge is -2.43. The van der Waals surface area contributed by atoms with Crippen LogP contribution in [0.2, 0.25) is 0 Å². The van der Waals surface area contributed by atoms with Crippen molar-refractivity contribution < 1.29 is 24.2 Å². The topological polar surface area (TPSA) is 109 Å². The van der Waals surface area contributed by atoms with Crippen molar-refractivity contribution in [3.8, 4) is 0 Å². The van der Waals surface area contributed by atoms with Crippen molar-refractivity contribution in [2.45, 2.75) is 43.8 Å². The van der Waals surface area contributed by atoms with Crippen LogP contribution in [0, 0.1) is 0 Å². The van der Waals surface area contributed by atoms with Gasteiger partial charge in [0, 0.05) is 11.6 Å². The average molecular weight is 397 g/mol. The number of rotatable bonds is 3. The number of carboxylic acid groups (broad SMARTS) is 1. The molecule has 2 aliphatic heterocycles. The molecule has 1 aromatic carbocycles. The molecule has 152 valence electrons. The smallest absolute Gasteiger partial charge is 0.328 e. The van der Waals surface area contributed by atoms with Gasteiger partial charge < -0.3 is 20.1 Å². The number of nitrogens with one attached hydrogen (secondary N) is 1. The van der Waals surface area contributed by atoms with Crippen LogP contribution < -0.4 is 5.32 Å². The number of aromatic nitrogens is 1. The number of hydrogen-bond donors (Lipinski definition) is 2. The molecule has 4 rings (SSSR count). The van der Waals surface area contributed by atoms with E-state index in [9.17, 15) is 19.5 Å². The van der Waals surface area contributed by atoms with Crippen LogP contribution in [0.3, 0.4) is 0 Å². The van der Waals surface area contributed by atoms with Crippen LogP contribution in [0.1, 0.15) is 36.2 Å². The molecule has 3 heterocycles. The summed E-state index contributed by atoms with van der Waals surface area (Å²) in [6.07, 6.45) is 4.33. The number of hydrogen-bond acceptors (Lipinski definition) is 5. The minimum Gasteiger partial charge on any atom is -0.480 e. The van der Waals surface area contributed by atoms with Crippen molar-refractivity contribution in [1.82, 2.24) is 15.2 Å². The van der Waals surface area contributed by atoms with Gasteiger partial charge in [0.05, 0.1) is 19.3 Å². The van der Waals surface area contributed by atoms with Gasteiger partial charge in [0.25, 0.3) is 5.91 Å². The van der Waals surface area contributed by atoms with Crippen LogP contribution in [0.25, 0.3) is 10.8 Å². The maximum Gasteiger partial charge on any atom is 0.328 e. The highest BCUT2D eigenvalue weighted by Crippen LogP contribution is 2.25. The second-order valence-corrected chi connectivity index (χ2v) is 7.48. The fourth-order valence-electron chi connectivity index (χ4n) is 4.17. The number of aliphatic carboxylic acids is 1. The van der Waals surface area contributed by atoms with Gasteiger partial charge in [-0.3, -0.25) is 14.6 Å². The molecule has 8 heteroatoms. The van der Waals surface area contributed by atoms with E-state index >= 15 is 0 Å². The summed E-state index contributed by atoms with van der Waals surface area (Å²) in [6.45, 7) is 0.282. The molecule has 3 atom stereocenters. The molecular weight excluding hydrogens is 374 g/mol. The Hall–Kier alpha value is -3.00. The van der Waals surface area contributed by atoms with Gasteiger partial charge in [0.1, 0.15) is 11.7 Å². The second-order valence-electron chi connectivity index (χ2n) is 7.48. The predicted octanol–water partition coefficient (Wildman–Crippen LogP) is 1.59. The van der Waals surface area contributed by atoms with E-state index in [0.717, 1.165) is 18.2 Å². The number of carbonyl (C=O) groups is 3. The van der Waals surface area contributed by atoms with Gasteiger partial charge in [0.15, 0.2) is 6.04 Å². The summed E-state index contributed by atoms with van der Waals surface area (Å²) in [5, 5.41) is 14.0. The molecule has 29 heavy (non-hydrogen) atoms. The summed E-state index contributed by atoms with van der Waals surface area (Å²) in [5.74, 6) is -1.89. The largest absolute Gasteiger partial charge is 0.480 e. The first kappa shape index (κ1) is 19.3. The molecule has 2 aromatic rings. The third-order valence-electron chi connectivity index (χ3n) is 5.63. The average Bonchev–Trinajstić information content (AvgIpc) is 2.73. The quantitative estimate of drug-likeness (QED) is 0.814. The number of fused-ring (bicyclic) bond motifs is 2. The van der Waals surface area contributed by atoms with Crippen LogP contribution in [0.15, 0.2) is 36.5 Å². The van der Waals surface area contributed by atoms with E-state index in [4.69, 9.17) is 4.74 Å². The van der Waals surface area contributed by atoms with Crippen LogP contribution in [0.4, 0.5) is 0 Å². The third-order valence-corrected chi connectivity index (χ3v) is 5.63. The van der Waals surface area contributed by atoms with Gasteiger partial charge in [-0.15, -0.1) is 0 Å². The van der Waals surface area contributed by atoms with E-state index in [1.807, 2.05) is 30.3 Å². The molecule has 2 N–H and O–H groups in total. The highest BCUT2D eigenvalue weighted by atomic mass is 16.5. The van der Waals surface area contributed by atoms with E-state index in [1.54, 1.807) is 6.20 Å². The molecule has 0 aliphatic carbocycles. The molecule has 0 radical (unpaired) electrons. The number of amides is 2. The van der Waals surface area contributed by atoms with E-state index < -0.39 is 24.0 Å². The molecular formula is C21H23N3O5. The first-order chi connectivity index (χ1) is 14.1. The fraction of sp³-hybridized carbons (Fsp3) is 0.429. The molecule has 2 aliphatic rings. The summed E-state index contributed by atoms with van der Waals surface area (Å²) in [5.41, 5.74) is 0.256. The lowest BCUT2D eigenvalue weighted by molar-refractivity contribution is -0.165. The molecule has 8 nitrogen and oxygen atoms in total. The lowest BCUT2D eigenvalue weighted by atomic mass is 9.95. The number of ether oxygens (including phenoxy) is 1. The van der Waals surface area contributed by atoms with Crippen molar-refractivity contribution in [2.75, 3.05) is 13.2 Å². The Morgan fingerprint density at radius 3 is 2.76 bits per heavy atom. The standard InChI is InChI=1S/C21H23N3O5/c25-19(18-15-7-3-1-5-13(15)9-10-22-18)23-16-8-4-2-6-14-11-29-12-17(21(27)28)24(14)20(16)26/h1,3,5,7,9-10,14,16-17H,2,4,6,8,11-12H2,(H,23,25)(H,27,28). The number of nitrogens with zero attached hydrogens (tertiary/aromatic N) is 2. The van der Waals surface area contributed by atoms with Gasteiger partial charge in [-0.05, 0) is 24.3 Å². The van der Waals surface area contributed by atoms with Gasteiger partial charge in [-0.1, -0.05) is 37.1 Å². The Labute approximate surface area is 167 Å². The zero-order valence-electron chi connectivity index (χ0n) is 15.9. The summed E-state index contributed by atoms with van der Waals surface area (Å²) in [7, 11) is 0. The number of morpholine rings is 1. The maximum atomic E-state index is 13.2. The Bertz CT molecular complexity index is 942. The van der Waals surface area contributed by atoms with E-state index in [2.05, 4.69) is 10.3 Å². The third kappa shape index (κ3) is 3.80. The highest BCUT2D eigenvalue weighted by Gasteiger charge is 2.42. The molecule has 2 fully saturated rings. The molecule has 0 spiro atoms. The zero-order valence-corrected chi connectivity index (χ0v) is 15.9. The summed E-state index contributed by atoms with van der Waals surface area (Å²) >= 11 is 0. The normalized spacial score (nSPS) is 25.0. The van der Waals surface area contributed by atoms with Crippen molar-refractivity contribution in [1.29, 1.82) is 0 Å². The molecule has 2 saturated heterocycles. The van der Waals surface area contributed by atoms with Gasteiger partial charge in [0.2, 0.25) is 5.91 Å². The fourth-order valence-corrected chi connectivity index (χ4v) is 4.17. The Morgan fingerprint density at radius 2 is 1.93 bits per heavy atom. The minimum atomic E-state index is -1.09. The summed E-state index contributed by atoms with van der Waals surface area (Å²) < 4.78 is 5.42. The Kier molecular flexibility index (Phi) is 5.44. The van der Waals surface area contributed by atoms with Crippen LogP contribution >= 0.6 is 0 Å². The number of carbonyl (C=O) groups excluding carboxylic acids is 2. The predicted molar refractivity (Wildman–Crippen MR) is 104 cm³/mol. The number of pyridine rings is 1. The molecule has 0 saturated carbocycles. The minimum absolute atomic E-state index is 0.0386. The van der Waals surface area contributed by atoms with E-state index in [-0.39, 0.29) is 24.2 Å². The monoisotopic (exact) mass is 397 g/mol. The number of benzene rings is 1. The van der Waals surface area contributed by atoms with E-state index in [1.165, 1.54) is 4.90 Å². The Morgan fingerprint density at radius 1 is 1.14 bits per heavy atom. The molecule has 0 bridgehead atoms. The lowest BCUT2D eigenvalue weighted by Crippen LogP contribution is -2.62. The van der Waals surface area contributed by atoms with Crippen molar-refractivity contribution in [3.63, 3.8) is 0 Å². The highest BCUT2D eigenvalue weighted by molar-refractivity contribution is 6.06. The molecule has 2 amide bonds. The maximum absolute atomic E-state index is 13.2.